The number of nitrogens with zero attached hydrogens (tertiary/aromatic N) is 3. The molecule has 2 heterocycles. The highest BCUT2D eigenvalue weighted by Crippen LogP contribution is 2.43. The van der Waals surface area contributed by atoms with Gasteiger partial charge < -0.3 is 5.73 Å². The molecule has 0 atom stereocenters. The molecule has 5 heteroatoms. The Morgan fingerprint density at radius 1 is 1.30 bits per heavy atom. The lowest BCUT2D eigenvalue weighted by Crippen LogP contribution is -2.01. The number of nitrogens with one attached hydrogen (secondary N) is 1. The highest BCUT2D eigenvalue weighted by molar-refractivity contribution is 5.90. The number of aryl methyl sites for hydroxylation is 2. The van der Waals surface area contributed by atoms with Gasteiger partial charge in [0.25, 0.3) is 0 Å². The van der Waals surface area contributed by atoms with Crippen LogP contribution in [0.15, 0.2) is 18.2 Å². The average Bonchev–Trinajstić information content (AvgIpc) is 3.10. The van der Waals surface area contributed by atoms with Gasteiger partial charge in [-0.2, -0.15) is 10.2 Å². The maximum atomic E-state index is 6.03. The Hall–Kier alpha value is -2.30. The topological polar surface area (TPSA) is 72.5 Å². The Morgan fingerprint density at radius 2 is 2.10 bits per heavy atom. The van der Waals surface area contributed by atoms with Crippen molar-refractivity contribution in [2.45, 2.75) is 32.6 Å². The van der Waals surface area contributed by atoms with Crippen LogP contribution in [0, 0.1) is 13.8 Å². The summed E-state index contributed by atoms with van der Waals surface area (Å²) in [7, 11) is 0. The van der Waals surface area contributed by atoms with Crippen LogP contribution in [0.3, 0.4) is 0 Å². The number of nitrogen functional groups attached to an aromatic ring is 1. The largest absolute Gasteiger partial charge is 0.383 e. The molecule has 0 saturated heterocycles. The van der Waals surface area contributed by atoms with Crippen LogP contribution in [0.2, 0.25) is 0 Å². The first kappa shape index (κ1) is 11.5. The highest BCUT2D eigenvalue weighted by atomic mass is 15.4. The number of aromatic nitrogens is 4. The van der Waals surface area contributed by atoms with E-state index in [0.717, 1.165) is 22.4 Å². The third kappa shape index (κ3) is 1.56. The molecule has 0 aliphatic heterocycles. The zero-order valence-electron chi connectivity index (χ0n) is 11.6. The first-order valence-electron chi connectivity index (χ1n) is 6.95. The number of fused-ring (bicyclic) bond motifs is 1. The molecule has 3 N–H and O–H groups in total. The Bertz CT molecular complexity index is 807. The van der Waals surface area contributed by atoms with E-state index in [4.69, 9.17) is 10.8 Å². The van der Waals surface area contributed by atoms with Gasteiger partial charge in [0.15, 0.2) is 5.65 Å². The second-order valence-corrected chi connectivity index (χ2v) is 5.70. The molecule has 1 aliphatic rings. The van der Waals surface area contributed by atoms with Gasteiger partial charge in [0, 0.05) is 5.92 Å². The van der Waals surface area contributed by atoms with Crippen LogP contribution >= 0.6 is 0 Å². The number of rotatable bonds is 2. The van der Waals surface area contributed by atoms with Crippen LogP contribution in [-0.2, 0) is 0 Å². The predicted octanol–water partition coefficient (Wildman–Crippen LogP) is 2.83. The second kappa shape index (κ2) is 3.85. The molecule has 2 aromatic heterocycles. The van der Waals surface area contributed by atoms with Crippen molar-refractivity contribution in [3.8, 4) is 5.69 Å². The van der Waals surface area contributed by atoms with E-state index in [1.54, 1.807) is 0 Å². The molecule has 0 unspecified atom stereocenters. The van der Waals surface area contributed by atoms with Gasteiger partial charge in [-0.3, -0.25) is 5.10 Å². The smallest absolute Gasteiger partial charge is 0.186 e. The lowest BCUT2D eigenvalue weighted by Gasteiger charge is -2.07. The van der Waals surface area contributed by atoms with E-state index in [0.29, 0.717) is 11.7 Å². The van der Waals surface area contributed by atoms with Crippen molar-refractivity contribution in [1.29, 1.82) is 0 Å². The van der Waals surface area contributed by atoms with Crippen molar-refractivity contribution in [2.24, 2.45) is 0 Å². The quantitative estimate of drug-likeness (QED) is 0.750. The SMILES string of the molecule is Cc1ccc(C)c(-n2nc(C3CC3)c3c(N)[nH]nc32)c1. The number of hydrogen-bond acceptors (Lipinski definition) is 3. The van der Waals surface area contributed by atoms with Crippen LogP contribution in [0.25, 0.3) is 16.7 Å². The van der Waals surface area contributed by atoms with E-state index in [2.05, 4.69) is 42.2 Å². The van der Waals surface area contributed by atoms with Crippen LogP contribution in [0.5, 0.6) is 0 Å². The van der Waals surface area contributed by atoms with Crippen molar-refractivity contribution in [2.75, 3.05) is 5.73 Å². The third-order valence-corrected chi connectivity index (χ3v) is 4.00. The minimum Gasteiger partial charge on any atom is -0.383 e. The summed E-state index contributed by atoms with van der Waals surface area (Å²) in [6, 6.07) is 6.37. The molecule has 0 amide bonds. The fraction of sp³-hybridized carbons (Fsp3) is 0.333. The number of aromatic amines is 1. The average molecular weight is 267 g/mol. The molecular weight excluding hydrogens is 250 g/mol. The number of hydrogen-bond donors (Lipinski definition) is 2. The maximum Gasteiger partial charge on any atom is 0.186 e. The van der Waals surface area contributed by atoms with Gasteiger partial charge in [0.05, 0.1) is 16.8 Å². The molecule has 0 bridgehead atoms. The molecule has 1 aliphatic carbocycles. The molecule has 0 spiro atoms. The molecule has 3 aromatic rings. The summed E-state index contributed by atoms with van der Waals surface area (Å²) in [5, 5.41) is 13.0. The van der Waals surface area contributed by atoms with E-state index in [1.165, 1.54) is 24.0 Å². The van der Waals surface area contributed by atoms with Gasteiger partial charge in [0.2, 0.25) is 0 Å². The van der Waals surface area contributed by atoms with Crippen LogP contribution in [0.1, 0.15) is 35.6 Å². The lowest BCUT2D eigenvalue weighted by molar-refractivity contribution is 0.834. The van der Waals surface area contributed by atoms with Crippen molar-refractivity contribution in [3.05, 3.63) is 35.0 Å². The molecule has 5 nitrogen and oxygen atoms in total. The van der Waals surface area contributed by atoms with Crippen molar-refractivity contribution in [1.82, 2.24) is 20.0 Å². The summed E-state index contributed by atoms with van der Waals surface area (Å²) in [4.78, 5) is 0. The van der Waals surface area contributed by atoms with Gasteiger partial charge >= 0.3 is 0 Å². The van der Waals surface area contributed by atoms with E-state index >= 15 is 0 Å². The van der Waals surface area contributed by atoms with Crippen LogP contribution in [0.4, 0.5) is 5.82 Å². The Labute approximate surface area is 116 Å². The summed E-state index contributed by atoms with van der Waals surface area (Å²) < 4.78 is 1.93. The monoisotopic (exact) mass is 267 g/mol. The molecule has 4 rings (SSSR count). The van der Waals surface area contributed by atoms with Gasteiger partial charge in [-0.1, -0.05) is 12.1 Å². The number of anilines is 1. The number of nitrogens with two attached hydrogens (primary N) is 1. The maximum absolute atomic E-state index is 6.03. The number of H-pyrrole nitrogens is 1. The summed E-state index contributed by atoms with van der Waals surface area (Å²) in [6.45, 7) is 4.18. The molecule has 1 aromatic carbocycles. The standard InChI is InChI=1S/C15H17N5/c1-8-3-4-9(2)11(7-8)20-15-12(14(16)17-18-15)13(19-20)10-5-6-10/h3-4,7,10H,5-6H2,1-2H3,(H3,16,17,18). The van der Waals surface area contributed by atoms with E-state index in [1.807, 2.05) is 4.68 Å². The first-order chi connectivity index (χ1) is 9.65. The molecule has 1 saturated carbocycles. The van der Waals surface area contributed by atoms with Gasteiger partial charge in [-0.15, -0.1) is 0 Å². The summed E-state index contributed by atoms with van der Waals surface area (Å²) in [5.74, 6) is 1.17. The van der Waals surface area contributed by atoms with Crippen molar-refractivity contribution >= 4 is 16.9 Å². The Kier molecular flexibility index (Phi) is 2.22. The molecule has 102 valence electrons. The number of benzene rings is 1. The van der Waals surface area contributed by atoms with Crippen molar-refractivity contribution < 1.29 is 0 Å². The normalized spacial score (nSPS) is 15.1. The summed E-state index contributed by atoms with van der Waals surface area (Å²) in [6.07, 6.45) is 2.40. The second-order valence-electron chi connectivity index (χ2n) is 5.70. The van der Waals surface area contributed by atoms with E-state index in [9.17, 15) is 0 Å². The molecule has 1 fully saturated rings. The van der Waals surface area contributed by atoms with Crippen LogP contribution < -0.4 is 5.73 Å². The minimum absolute atomic E-state index is 0.545. The Balaban J connectivity index is 2.02. The van der Waals surface area contributed by atoms with Gasteiger partial charge in [0.1, 0.15) is 5.82 Å². The fourth-order valence-corrected chi connectivity index (χ4v) is 2.71. The van der Waals surface area contributed by atoms with E-state index in [-0.39, 0.29) is 0 Å². The molecular formula is C15H17N5. The zero-order valence-corrected chi connectivity index (χ0v) is 11.6. The molecule has 20 heavy (non-hydrogen) atoms. The lowest BCUT2D eigenvalue weighted by atomic mass is 10.1. The molecule has 0 radical (unpaired) electrons. The van der Waals surface area contributed by atoms with Crippen LogP contribution in [-0.4, -0.2) is 20.0 Å². The van der Waals surface area contributed by atoms with Crippen molar-refractivity contribution in [3.63, 3.8) is 0 Å². The fourth-order valence-electron chi connectivity index (χ4n) is 2.71. The first-order valence-corrected chi connectivity index (χ1v) is 6.95. The summed E-state index contributed by atoms with van der Waals surface area (Å²) >= 11 is 0. The van der Waals surface area contributed by atoms with Gasteiger partial charge in [-0.25, -0.2) is 4.68 Å². The van der Waals surface area contributed by atoms with Gasteiger partial charge in [-0.05, 0) is 43.9 Å². The minimum atomic E-state index is 0.545. The third-order valence-electron chi connectivity index (χ3n) is 4.00. The van der Waals surface area contributed by atoms with E-state index < -0.39 is 0 Å². The highest BCUT2D eigenvalue weighted by Gasteiger charge is 2.31. The Morgan fingerprint density at radius 3 is 2.85 bits per heavy atom. The summed E-state index contributed by atoms with van der Waals surface area (Å²) in [5.41, 5.74) is 11.4. The predicted molar refractivity (Wildman–Crippen MR) is 79.1 cm³/mol. The zero-order chi connectivity index (χ0) is 13.9.